The van der Waals surface area contributed by atoms with Crippen LogP contribution in [0.25, 0.3) is 0 Å². The van der Waals surface area contributed by atoms with Crippen molar-refractivity contribution in [2.45, 2.75) is 25.2 Å². The third-order valence-corrected chi connectivity index (χ3v) is 5.78. The van der Waals surface area contributed by atoms with Gasteiger partial charge in [-0.05, 0) is 37.1 Å². The van der Waals surface area contributed by atoms with Crippen molar-refractivity contribution in [2.24, 2.45) is 0 Å². The van der Waals surface area contributed by atoms with Gasteiger partial charge >= 0.3 is 0 Å². The van der Waals surface area contributed by atoms with Crippen molar-refractivity contribution in [1.29, 1.82) is 0 Å². The third kappa shape index (κ3) is 2.87. The van der Waals surface area contributed by atoms with Crippen molar-refractivity contribution in [3.8, 4) is 0 Å². The number of aromatic nitrogens is 1. The molecule has 1 aromatic carbocycles. The number of carbonyl (C=O) groups is 1. The number of sulfonamides is 1. The molecule has 0 radical (unpaired) electrons. The Morgan fingerprint density at radius 1 is 1.12 bits per heavy atom. The van der Waals surface area contributed by atoms with Gasteiger partial charge in [-0.2, -0.15) is 0 Å². The lowest BCUT2D eigenvalue weighted by Crippen LogP contribution is -2.31. The van der Waals surface area contributed by atoms with Crippen molar-refractivity contribution < 1.29 is 13.2 Å². The first kappa shape index (κ1) is 16.4. The molecule has 1 aliphatic rings. The van der Waals surface area contributed by atoms with Gasteiger partial charge in [0, 0.05) is 32.4 Å². The summed E-state index contributed by atoms with van der Waals surface area (Å²) >= 11 is 0. The third-order valence-electron chi connectivity index (χ3n) is 4.00. The number of carbonyl (C=O) groups excluding carboxylic acids is 1. The molecule has 2 heterocycles. The molecule has 0 saturated carbocycles. The van der Waals surface area contributed by atoms with E-state index in [4.69, 9.17) is 0 Å². The minimum Gasteiger partial charge on any atom is -0.311 e. The van der Waals surface area contributed by atoms with Gasteiger partial charge in [0.2, 0.25) is 5.91 Å². The van der Waals surface area contributed by atoms with Crippen molar-refractivity contribution in [1.82, 2.24) is 4.98 Å². The Balaban J connectivity index is 2.14. The van der Waals surface area contributed by atoms with Crippen LogP contribution in [0.5, 0.6) is 0 Å². The molecule has 1 aromatic heterocycles. The molecule has 0 atom stereocenters. The Bertz CT molecular complexity index is 880. The van der Waals surface area contributed by atoms with Crippen LogP contribution in [0, 0.1) is 6.92 Å². The molecule has 0 saturated heterocycles. The first-order chi connectivity index (χ1) is 11.4. The number of hydrogen-bond acceptors (Lipinski definition) is 4. The van der Waals surface area contributed by atoms with Gasteiger partial charge in [-0.3, -0.25) is 14.1 Å². The van der Waals surface area contributed by atoms with Crippen LogP contribution in [-0.4, -0.2) is 32.4 Å². The van der Waals surface area contributed by atoms with Gasteiger partial charge in [-0.25, -0.2) is 8.42 Å². The van der Waals surface area contributed by atoms with Crippen LogP contribution in [0.4, 0.5) is 11.4 Å². The molecule has 3 rings (SSSR count). The maximum absolute atomic E-state index is 13.1. The summed E-state index contributed by atoms with van der Waals surface area (Å²) in [5.74, 6) is -0.0982. The van der Waals surface area contributed by atoms with E-state index < -0.39 is 10.0 Å². The summed E-state index contributed by atoms with van der Waals surface area (Å²) in [4.78, 5) is 17.7. The maximum atomic E-state index is 13.1. The number of amides is 1. The molecule has 0 aliphatic carbocycles. The molecule has 0 unspecified atom stereocenters. The number of pyridine rings is 1. The van der Waals surface area contributed by atoms with Gasteiger partial charge in [-0.15, -0.1) is 0 Å². The number of nitrogens with zero attached hydrogens (tertiary/aromatic N) is 3. The second kappa shape index (κ2) is 6.24. The lowest BCUT2D eigenvalue weighted by molar-refractivity contribution is -0.116. The fraction of sp³-hybridized carbons (Fsp3) is 0.294. The zero-order chi connectivity index (χ0) is 17.3. The number of rotatable bonds is 2. The molecule has 7 heteroatoms. The Hall–Kier alpha value is -2.41. The zero-order valence-electron chi connectivity index (χ0n) is 13.6. The fourth-order valence-electron chi connectivity index (χ4n) is 2.89. The van der Waals surface area contributed by atoms with Crippen molar-refractivity contribution in [3.05, 3.63) is 48.3 Å². The molecule has 0 N–H and O–H groups in total. The maximum Gasteiger partial charge on any atom is 0.265 e. The predicted octanol–water partition coefficient (Wildman–Crippen LogP) is 2.34. The number of fused-ring (bicyclic) bond motifs is 1. The van der Waals surface area contributed by atoms with Gasteiger partial charge in [0.05, 0.1) is 11.4 Å². The molecule has 0 fully saturated rings. The molecular weight excluding hydrogens is 326 g/mol. The van der Waals surface area contributed by atoms with Gasteiger partial charge in [0.25, 0.3) is 10.0 Å². The monoisotopic (exact) mass is 345 g/mol. The predicted molar refractivity (Wildman–Crippen MR) is 92.6 cm³/mol. The first-order valence-electron chi connectivity index (χ1n) is 7.73. The van der Waals surface area contributed by atoms with Crippen LogP contribution in [0.3, 0.4) is 0 Å². The molecule has 6 nitrogen and oxygen atoms in total. The first-order valence-corrected chi connectivity index (χ1v) is 9.17. The lowest BCUT2D eigenvalue weighted by Gasteiger charge is -2.25. The minimum atomic E-state index is -3.74. The summed E-state index contributed by atoms with van der Waals surface area (Å²) in [5, 5.41) is 0. The second-order valence-electron chi connectivity index (χ2n) is 5.79. The van der Waals surface area contributed by atoms with E-state index in [-0.39, 0.29) is 10.8 Å². The topological polar surface area (TPSA) is 70.6 Å². The number of aryl methyl sites for hydroxylation is 1. The second-order valence-corrected chi connectivity index (χ2v) is 7.65. The largest absolute Gasteiger partial charge is 0.311 e. The standard InChI is InChI=1S/C17H19N3O3S/c1-13-10-15(12-18-11-13)24(22,23)20-9-5-8-19(14(2)21)16-6-3-4-7-17(16)20/h3-4,6-7,10-12H,5,8-9H2,1-2H3. The Morgan fingerprint density at radius 3 is 2.50 bits per heavy atom. The average molecular weight is 345 g/mol. The SMILES string of the molecule is CC(=O)N1CCCN(S(=O)(=O)c2cncc(C)c2)c2ccccc21. The molecule has 126 valence electrons. The number of benzene rings is 1. The van der Waals surface area contributed by atoms with E-state index in [1.807, 2.05) is 0 Å². The summed E-state index contributed by atoms with van der Waals surface area (Å²) < 4.78 is 27.6. The smallest absolute Gasteiger partial charge is 0.265 e. The fourth-order valence-corrected chi connectivity index (χ4v) is 4.46. The summed E-state index contributed by atoms with van der Waals surface area (Å²) in [5.41, 5.74) is 1.92. The van der Waals surface area contributed by atoms with Crippen LogP contribution < -0.4 is 9.21 Å². The van der Waals surface area contributed by atoms with E-state index >= 15 is 0 Å². The van der Waals surface area contributed by atoms with E-state index in [1.54, 1.807) is 48.4 Å². The van der Waals surface area contributed by atoms with Crippen LogP contribution in [0.2, 0.25) is 0 Å². The minimum absolute atomic E-state index is 0.0982. The molecule has 0 spiro atoms. The van der Waals surface area contributed by atoms with Crippen LogP contribution >= 0.6 is 0 Å². The van der Waals surface area contributed by atoms with Crippen molar-refractivity contribution in [2.75, 3.05) is 22.3 Å². The highest BCUT2D eigenvalue weighted by atomic mass is 32.2. The number of hydrogen-bond donors (Lipinski definition) is 0. The van der Waals surface area contributed by atoms with Gasteiger partial charge in [-0.1, -0.05) is 12.1 Å². The van der Waals surface area contributed by atoms with E-state index in [0.29, 0.717) is 30.9 Å². The van der Waals surface area contributed by atoms with E-state index in [2.05, 4.69) is 4.98 Å². The molecule has 0 bridgehead atoms. The number of anilines is 2. The zero-order valence-corrected chi connectivity index (χ0v) is 14.5. The lowest BCUT2D eigenvalue weighted by atomic mass is 10.2. The van der Waals surface area contributed by atoms with E-state index in [0.717, 1.165) is 5.56 Å². The summed E-state index contributed by atoms with van der Waals surface area (Å²) in [7, 11) is -3.74. The average Bonchev–Trinajstić information content (AvgIpc) is 2.75. The Labute approximate surface area is 141 Å². The highest BCUT2D eigenvalue weighted by molar-refractivity contribution is 7.92. The summed E-state index contributed by atoms with van der Waals surface area (Å²) in [6, 6.07) is 8.70. The number of para-hydroxylation sites is 2. The van der Waals surface area contributed by atoms with Gasteiger partial charge in [0.15, 0.2) is 0 Å². The quantitative estimate of drug-likeness (QED) is 0.838. The van der Waals surface area contributed by atoms with Crippen molar-refractivity contribution >= 4 is 27.3 Å². The Kier molecular flexibility index (Phi) is 4.28. The van der Waals surface area contributed by atoms with E-state index in [1.165, 1.54) is 17.4 Å². The van der Waals surface area contributed by atoms with Gasteiger partial charge < -0.3 is 4.90 Å². The Morgan fingerprint density at radius 2 is 1.83 bits per heavy atom. The summed E-state index contributed by atoms with van der Waals surface area (Å²) in [6.45, 7) is 4.10. The molecule has 2 aromatic rings. The highest BCUT2D eigenvalue weighted by Gasteiger charge is 2.31. The molecular formula is C17H19N3O3S. The molecule has 1 aliphatic heterocycles. The van der Waals surface area contributed by atoms with Gasteiger partial charge in [0.1, 0.15) is 4.90 Å². The highest BCUT2D eigenvalue weighted by Crippen LogP contribution is 2.35. The van der Waals surface area contributed by atoms with Crippen LogP contribution in [-0.2, 0) is 14.8 Å². The molecule has 1 amide bonds. The van der Waals surface area contributed by atoms with Crippen LogP contribution in [0.1, 0.15) is 18.9 Å². The van der Waals surface area contributed by atoms with Crippen molar-refractivity contribution in [3.63, 3.8) is 0 Å². The van der Waals surface area contributed by atoms with Crippen LogP contribution in [0.15, 0.2) is 47.6 Å². The molecule has 24 heavy (non-hydrogen) atoms. The van der Waals surface area contributed by atoms with E-state index in [9.17, 15) is 13.2 Å². The normalized spacial score (nSPS) is 14.9. The summed E-state index contributed by atoms with van der Waals surface area (Å²) in [6.07, 6.45) is 3.54.